The van der Waals surface area contributed by atoms with Crippen LogP contribution in [0.15, 0.2) is 24.3 Å². The van der Waals surface area contributed by atoms with E-state index in [1.807, 2.05) is 24.3 Å². The van der Waals surface area contributed by atoms with Crippen LogP contribution in [0.4, 0.5) is 0 Å². The van der Waals surface area contributed by atoms with Crippen molar-refractivity contribution in [2.24, 2.45) is 5.92 Å². The lowest BCUT2D eigenvalue weighted by Gasteiger charge is -2.13. The standard InChI is InChI=1S/C14H16O3/c1-2-8-16-13-5-3-4-6-14(13)17-11-12-7-9-15-10-12/h1,3-6,12H,7-11H2/t12-/m1/s1. The molecule has 1 aliphatic heterocycles. The van der Waals surface area contributed by atoms with E-state index in [0.29, 0.717) is 18.3 Å². The molecule has 1 atom stereocenters. The first-order valence-electron chi connectivity index (χ1n) is 5.76. The van der Waals surface area contributed by atoms with Crippen LogP contribution < -0.4 is 9.47 Å². The van der Waals surface area contributed by atoms with Gasteiger partial charge in [0.15, 0.2) is 11.5 Å². The topological polar surface area (TPSA) is 27.7 Å². The van der Waals surface area contributed by atoms with E-state index in [0.717, 1.165) is 25.4 Å². The molecule has 1 fully saturated rings. The number of rotatable bonds is 5. The van der Waals surface area contributed by atoms with Gasteiger partial charge in [-0.1, -0.05) is 18.1 Å². The van der Waals surface area contributed by atoms with E-state index in [1.54, 1.807) is 0 Å². The van der Waals surface area contributed by atoms with Crippen molar-refractivity contribution >= 4 is 0 Å². The molecular weight excluding hydrogens is 216 g/mol. The number of benzene rings is 1. The number of hydrogen-bond donors (Lipinski definition) is 0. The maximum atomic E-state index is 5.74. The van der Waals surface area contributed by atoms with Crippen molar-refractivity contribution in [1.29, 1.82) is 0 Å². The Balaban J connectivity index is 1.92. The van der Waals surface area contributed by atoms with E-state index in [1.165, 1.54) is 0 Å². The highest BCUT2D eigenvalue weighted by atomic mass is 16.5. The lowest BCUT2D eigenvalue weighted by Crippen LogP contribution is -2.12. The van der Waals surface area contributed by atoms with E-state index in [-0.39, 0.29) is 6.61 Å². The number of terminal acetylenes is 1. The Kier molecular flexibility index (Phi) is 4.29. The molecule has 0 N–H and O–H groups in total. The fourth-order valence-corrected chi connectivity index (χ4v) is 1.73. The monoisotopic (exact) mass is 232 g/mol. The van der Waals surface area contributed by atoms with Crippen molar-refractivity contribution in [3.05, 3.63) is 24.3 Å². The van der Waals surface area contributed by atoms with Crippen LogP contribution in [0.5, 0.6) is 11.5 Å². The summed E-state index contributed by atoms with van der Waals surface area (Å²) in [5.74, 6) is 4.37. The molecule has 0 bridgehead atoms. The fourth-order valence-electron chi connectivity index (χ4n) is 1.73. The predicted molar refractivity (Wildman–Crippen MR) is 65.2 cm³/mol. The Morgan fingerprint density at radius 1 is 1.29 bits per heavy atom. The third kappa shape index (κ3) is 3.40. The molecule has 3 nitrogen and oxygen atoms in total. The van der Waals surface area contributed by atoms with E-state index >= 15 is 0 Å². The molecule has 0 amide bonds. The number of para-hydroxylation sites is 2. The van der Waals surface area contributed by atoms with Crippen molar-refractivity contribution in [3.8, 4) is 23.8 Å². The van der Waals surface area contributed by atoms with Crippen LogP contribution in [-0.4, -0.2) is 26.4 Å². The third-order valence-electron chi connectivity index (χ3n) is 2.66. The van der Waals surface area contributed by atoms with Gasteiger partial charge in [-0.25, -0.2) is 0 Å². The van der Waals surface area contributed by atoms with Crippen LogP contribution in [0, 0.1) is 18.3 Å². The van der Waals surface area contributed by atoms with Gasteiger partial charge in [0.1, 0.15) is 6.61 Å². The minimum absolute atomic E-state index is 0.257. The normalized spacial score (nSPS) is 18.6. The van der Waals surface area contributed by atoms with Crippen molar-refractivity contribution in [2.45, 2.75) is 6.42 Å². The average Bonchev–Trinajstić information content (AvgIpc) is 2.88. The van der Waals surface area contributed by atoms with Crippen molar-refractivity contribution in [1.82, 2.24) is 0 Å². The molecule has 1 aromatic rings. The summed E-state index contributed by atoms with van der Waals surface area (Å²) >= 11 is 0. The lowest BCUT2D eigenvalue weighted by molar-refractivity contribution is 0.165. The Morgan fingerprint density at radius 3 is 2.71 bits per heavy atom. The third-order valence-corrected chi connectivity index (χ3v) is 2.66. The van der Waals surface area contributed by atoms with Gasteiger partial charge in [0.2, 0.25) is 0 Å². The molecule has 0 aliphatic carbocycles. The predicted octanol–water partition coefficient (Wildman–Crippen LogP) is 2.11. The summed E-state index contributed by atoms with van der Waals surface area (Å²) in [6, 6.07) is 7.57. The number of hydrogen-bond acceptors (Lipinski definition) is 3. The summed E-state index contributed by atoms with van der Waals surface area (Å²) in [7, 11) is 0. The van der Waals surface area contributed by atoms with Crippen molar-refractivity contribution in [3.63, 3.8) is 0 Å². The highest BCUT2D eigenvalue weighted by Gasteiger charge is 2.16. The quantitative estimate of drug-likeness (QED) is 0.728. The summed E-state index contributed by atoms with van der Waals surface area (Å²) in [5, 5.41) is 0. The molecule has 1 aliphatic rings. The zero-order valence-corrected chi connectivity index (χ0v) is 9.72. The molecule has 90 valence electrons. The molecule has 1 aromatic carbocycles. The zero-order chi connectivity index (χ0) is 11.9. The second-order valence-electron chi connectivity index (χ2n) is 3.98. The Morgan fingerprint density at radius 2 is 2.06 bits per heavy atom. The Labute approximate surface area is 102 Å². The minimum atomic E-state index is 0.257. The molecule has 1 heterocycles. The molecule has 0 aromatic heterocycles. The summed E-state index contributed by atoms with van der Waals surface area (Å²) in [5.41, 5.74) is 0. The van der Waals surface area contributed by atoms with Gasteiger partial charge in [0.05, 0.1) is 13.2 Å². The Hall–Kier alpha value is -1.66. The summed E-state index contributed by atoms with van der Waals surface area (Å²) in [6.45, 7) is 2.54. The molecule has 3 heteroatoms. The lowest BCUT2D eigenvalue weighted by atomic mass is 10.1. The van der Waals surface area contributed by atoms with Gasteiger partial charge < -0.3 is 14.2 Å². The molecule has 0 radical (unpaired) electrons. The first kappa shape index (κ1) is 11.8. The van der Waals surface area contributed by atoms with E-state index < -0.39 is 0 Å². The maximum Gasteiger partial charge on any atom is 0.162 e. The van der Waals surface area contributed by atoms with E-state index in [9.17, 15) is 0 Å². The van der Waals surface area contributed by atoms with Crippen molar-refractivity contribution < 1.29 is 14.2 Å². The van der Waals surface area contributed by atoms with Gasteiger partial charge in [-0.15, -0.1) is 6.42 Å². The summed E-state index contributed by atoms with van der Waals surface area (Å²) in [4.78, 5) is 0. The van der Waals surface area contributed by atoms with E-state index in [2.05, 4.69) is 5.92 Å². The van der Waals surface area contributed by atoms with Gasteiger partial charge in [0, 0.05) is 12.5 Å². The first-order chi connectivity index (χ1) is 8.40. The van der Waals surface area contributed by atoms with Crippen LogP contribution in [0.25, 0.3) is 0 Å². The second-order valence-corrected chi connectivity index (χ2v) is 3.98. The summed E-state index contributed by atoms with van der Waals surface area (Å²) < 4.78 is 16.5. The largest absolute Gasteiger partial charge is 0.489 e. The van der Waals surface area contributed by atoms with Crippen LogP contribution >= 0.6 is 0 Å². The fraction of sp³-hybridized carbons (Fsp3) is 0.429. The molecule has 0 spiro atoms. The second kappa shape index (κ2) is 6.17. The van der Waals surface area contributed by atoms with Crippen LogP contribution in [0.2, 0.25) is 0 Å². The van der Waals surface area contributed by atoms with Gasteiger partial charge in [-0.3, -0.25) is 0 Å². The average molecular weight is 232 g/mol. The zero-order valence-electron chi connectivity index (χ0n) is 9.72. The smallest absolute Gasteiger partial charge is 0.162 e. The highest BCUT2D eigenvalue weighted by molar-refractivity contribution is 5.39. The highest BCUT2D eigenvalue weighted by Crippen LogP contribution is 2.27. The molecule has 2 rings (SSSR count). The van der Waals surface area contributed by atoms with Gasteiger partial charge >= 0.3 is 0 Å². The van der Waals surface area contributed by atoms with Gasteiger partial charge in [0.25, 0.3) is 0 Å². The first-order valence-corrected chi connectivity index (χ1v) is 5.76. The van der Waals surface area contributed by atoms with Crippen LogP contribution in [-0.2, 0) is 4.74 Å². The molecule has 0 unspecified atom stereocenters. The molecule has 1 saturated heterocycles. The van der Waals surface area contributed by atoms with E-state index in [4.69, 9.17) is 20.6 Å². The SMILES string of the molecule is C#CCOc1ccccc1OC[C@@H]1CCOC1. The van der Waals surface area contributed by atoms with Crippen molar-refractivity contribution in [2.75, 3.05) is 26.4 Å². The maximum absolute atomic E-state index is 5.74. The van der Waals surface area contributed by atoms with Crippen LogP contribution in [0.1, 0.15) is 6.42 Å². The minimum Gasteiger partial charge on any atom is -0.489 e. The number of ether oxygens (including phenoxy) is 3. The van der Waals surface area contributed by atoms with Gasteiger partial charge in [-0.05, 0) is 18.6 Å². The van der Waals surface area contributed by atoms with Crippen LogP contribution in [0.3, 0.4) is 0 Å². The van der Waals surface area contributed by atoms with Gasteiger partial charge in [-0.2, -0.15) is 0 Å². The molecule has 0 saturated carbocycles. The molecular formula is C14H16O3. The molecule has 17 heavy (non-hydrogen) atoms. The summed E-state index contributed by atoms with van der Waals surface area (Å²) in [6.07, 6.45) is 6.23. The Bertz CT molecular complexity index is 389.